The monoisotopic (exact) mass is 207 g/mol. The van der Waals surface area contributed by atoms with Gasteiger partial charge in [0.25, 0.3) is 0 Å². The second kappa shape index (κ2) is 5.89. The summed E-state index contributed by atoms with van der Waals surface area (Å²) in [5.41, 5.74) is 2.64. The fraction of sp³-hybridized carbons (Fsp3) is 0.538. The average Bonchev–Trinajstić information content (AvgIpc) is 2.29. The van der Waals surface area contributed by atoms with Crippen molar-refractivity contribution in [3.63, 3.8) is 0 Å². The maximum atomic E-state index is 8.90. The molecule has 15 heavy (non-hydrogen) atoms. The Labute approximate surface area is 92.5 Å². The number of aliphatic hydroxyl groups is 1. The summed E-state index contributed by atoms with van der Waals surface area (Å²) in [6, 6.07) is 8.67. The minimum atomic E-state index is 0.104. The van der Waals surface area contributed by atoms with E-state index in [1.165, 1.54) is 17.5 Å². The summed E-state index contributed by atoms with van der Waals surface area (Å²) in [7, 11) is 1.91. The molecule has 0 bridgehead atoms. The third kappa shape index (κ3) is 3.65. The van der Waals surface area contributed by atoms with Crippen LogP contribution in [-0.2, 0) is 6.54 Å². The molecule has 0 aliphatic carbocycles. The first kappa shape index (κ1) is 12.2. The van der Waals surface area contributed by atoms with Gasteiger partial charge in [-0.15, -0.1) is 0 Å². The highest BCUT2D eigenvalue weighted by Crippen LogP contribution is 2.19. The Morgan fingerprint density at radius 1 is 1.27 bits per heavy atom. The van der Waals surface area contributed by atoms with Crippen LogP contribution in [-0.4, -0.2) is 23.8 Å². The van der Waals surface area contributed by atoms with Crippen LogP contribution in [0, 0.1) is 0 Å². The summed E-state index contributed by atoms with van der Waals surface area (Å²) < 4.78 is 0. The number of nitrogens with zero attached hydrogens (tertiary/aromatic N) is 1. The molecule has 2 nitrogen and oxygen atoms in total. The van der Waals surface area contributed by atoms with Gasteiger partial charge in [0.2, 0.25) is 0 Å². The predicted octanol–water partition coefficient (Wildman–Crippen LogP) is 2.58. The fourth-order valence-corrected chi connectivity index (χ4v) is 1.55. The minimum absolute atomic E-state index is 0.104. The lowest BCUT2D eigenvalue weighted by Crippen LogP contribution is -2.18. The number of hydrogen-bond acceptors (Lipinski definition) is 2. The van der Waals surface area contributed by atoms with E-state index in [1.807, 2.05) is 11.9 Å². The second-order valence-electron chi connectivity index (χ2n) is 4.21. The van der Waals surface area contributed by atoms with Crippen LogP contribution in [0.25, 0.3) is 0 Å². The van der Waals surface area contributed by atoms with Crippen LogP contribution in [0.2, 0.25) is 0 Å². The number of hydrogen-bond donors (Lipinski definition) is 1. The van der Waals surface area contributed by atoms with Crippen molar-refractivity contribution in [1.29, 1.82) is 0 Å². The Morgan fingerprint density at radius 2 is 1.87 bits per heavy atom. The van der Waals surface area contributed by atoms with Gasteiger partial charge in [0.05, 0.1) is 6.73 Å². The maximum absolute atomic E-state index is 8.90. The fourth-order valence-electron chi connectivity index (χ4n) is 1.55. The summed E-state index contributed by atoms with van der Waals surface area (Å²) in [4.78, 5) is 1.87. The van der Waals surface area contributed by atoms with Gasteiger partial charge >= 0.3 is 0 Å². The zero-order valence-corrected chi connectivity index (χ0v) is 9.90. The molecule has 0 fully saturated rings. The molecule has 1 unspecified atom stereocenters. The first-order chi connectivity index (χ1) is 7.17. The van der Waals surface area contributed by atoms with Crippen molar-refractivity contribution in [3.8, 4) is 0 Å². The smallest absolute Gasteiger partial charge is 0.0956 e. The summed E-state index contributed by atoms with van der Waals surface area (Å²) in [6.45, 7) is 5.36. The van der Waals surface area contributed by atoms with E-state index in [4.69, 9.17) is 5.11 Å². The van der Waals surface area contributed by atoms with Gasteiger partial charge in [0.15, 0.2) is 0 Å². The molecule has 0 spiro atoms. The van der Waals surface area contributed by atoms with Crippen molar-refractivity contribution < 1.29 is 5.11 Å². The van der Waals surface area contributed by atoms with Crippen LogP contribution < -0.4 is 0 Å². The van der Waals surface area contributed by atoms with Gasteiger partial charge in [-0.1, -0.05) is 38.1 Å². The highest BCUT2D eigenvalue weighted by Gasteiger charge is 2.03. The Bertz CT molecular complexity index is 281. The third-order valence-corrected chi connectivity index (χ3v) is 2.86. The van der Waals surface area contributed by atoms with E-state index in [9.17, 15) is 0 Å². The maximum Gasteiger partial charge on any atom is 0.0956 e. The molecule has 1 aromatic carbocycles. The normalized spacial score (nSPS) is 13.1. The average molecular weight is 207 g/mol. The second-order valence-corrected chi connectivity index (χ2v) is 4.21. The SMILES string of the molecule is CCC(C)c1ccc(CN(C)CO)cc1. The van der Waals surface area contributed by atoms with Crippen molar-refractivity contribution in [2.24, 2.45) is 0 Å². The molecule has 1 atom stereocenters. The molecule has 1 aromatic rings. The van der Waals surface area contributed by atoms with Crippen molar-refractivity contribution in [3.05, 3.63) is 35.4 Å². The first-order valence-electron chi connectivity index (χ1n) is 5.55. The van der Waals surface area contributed by atoms with Crippen LogP contribution in [0.15, 0.2) is 24.3 Å². The lowest BCUT2D eigenvalue weighted by atomic mass is 9.98. The van der Waals surface area contributed by atoms with Crippen LogP contribution in [0.4, 0.5) is 0 Å². The molecule has 0 aliphatic heterocycles. The molecule has 1 rings (SSSR count). The van der Waals surface area contributed by atoms with Gasteiger partial charge < -0.3 is 5.11 Å². The summed E-state index contributed by atoms with van der Waals surface area (Å²) >= 11 is 0. The van der Waals surface area contributed by atoms with E-state index < -0.39 is 0 Å². The lowest BCUT2D eigenvalue weighted by molar-refractivity contribution is 0.127. The molecule has 84 valence electrons. The molecular formula is C13H21NO. The Morgan fingerprint density at radius 3 is 2.33 bits per heavy atom. The van der Waals surface area contributed by atoms with Gasteiger partial charge in [0, 0.05) is 6.54 Å². The van der Waals surface area contributed by atoms with Crippen molar-refractivity contribution >= 4 is 0 Å². The van der Waals surface area contributed by atoms with Gasteiger partial charge in [-0.2, -0.15) is 0 Å². The van der Waals surface area contributed by atoms with Crippen molar-refractivity contribution in [2.45, 2.75) is 32.7 Å². The summed E-state index contributed by atoms with van der Waals surface area (Å²) in [5, 5.41) is 8.90. The van der Waals surface area contributed by atoms with E-state index in [2.05, 4.69) is 38.1 Å². The Kier molecular flexibility index (Phi) is 4.79. The van der Waals surface area contributed by atoms with Gasteiger partial charge in [-0.05, 0) is 30.5 Å². The summed E-state index contributed by atoms with van der Waals surface area (Å²) in [5.74, 6) is 0.634. The molecule has 0 saturated carbocycles. The summed E-state index contributed by atoms with van der Waals surface area (Å²) in [6.07, 6.45) is 1.18. The molecule has 0 saturated heterocycles. The highest BCUT2D eigenvalue weighted by atomic mass is 16.3. The minimum Gasteiger partial charge on any atom is -0.381 e. The topological polar surface area (TPSA) is 23.5 Å². The van der Waals surface area contributed by atoms with Gasteiger partial charge in [-0.25, -0.2) is 0 Å². The Hall–Kier alpha value is -0.860. The largest absolute Gasteiger partial charge is 0.381 e. The number of rotatable bonds is 5. The van der Waals surface area contributed by atoms with Gasteiger partial charge in [-0.3, -0.25) is 4.90 Å². The molecule has 2 heteroatoms. The lowest BCUT2D eigenvalue weighted by Gasteiger charge is -2.14. The molecule has 0 aromatic heterocycles. The molecular weight excluding hydrogens is 186 g/mol. The first-order valence-corrected chi connectivity index (χ1v) is 5.55. The van der Waals surface area contributed by atoms with Crippen LogP contribution in [0.5, 0.6) is 0 Å². The van der Waals surface area contributed by atoms with Crippen LogP contribution in [0.1, 0.15) is 37.3 Å². The predicted molar refractivity (Wildman–Crippen MR) is 63.7 cm³/mol. The van der Waals surface area contributed by atoms with E-state index >= 15 is 0 Å². The molecule has 0 radical (unpaired) electrons. The van der Waals surface area contributed by atoms with Crippen LogP contribution in [0.3, 0.4) is 0 Å². The zero-order chi connectivity index (χ0) is 11.3. The van der Waals surface area contributed by atoms with E-state index in [0.717, 1.165) is 6.54 Å². The third-order valence-electron chi connectivity index (χ3n) is 2.86. The number of benzene rings is 1. The molecule has 1 N–H and O–H groups in total. The molecule has 0 heterocycles. The van der Waals surface area contributed by atoms with Gasteiger partial charge in [0.1, 0.15) is 0 Å². The van der Waals surface area contributed by atoms with E-state index in [1.54, 1.807) is 0 Å². The molecule has 0 amide bonds. The quantitative estimate of drug-likeness (QED) is 0.750. The van der Waals surface area contributed by atoms with Crippen LogP contribution >= 0.6 is 0 Å². The van der Waals surface area contributed by atoms with E-state index in [0.29, 0.717) is 5.92 Å². The molecule has 0 aliphatic rings. The number of aliphatic hydroxyl groups excluding tert-OH is 1. The standard InChI is InChI=1S/C13H21NO/c1-4-11(2)13-7-5-12(6-8-13)9-14(3)10-15/h5-8,11,15H,4,9-10H2,1-3H3. The van der Waals surface area contributed by atoms with E-state index in [-0.39, 0.29) is 6.73 Å². The van der Waals surface area contributed by atoms with Crippen molar-refractivity contribution in [2.75, 3.05) is 13.8 Å². The van der Waals surface area contributed by atoms with Crippen molar-refractivity contribution in [1.82, 2.24) is 4.90 Å². The Balaban J connectivity index is 2.64. The zero-order valence-electron chi connectivity index (χ0n) is 9.90. The highest BCUT2D eigenvalue weighted by molar-refractivity contribution is 5.24.